The molecule has 2 aromatic carbocycles. The van der Waals surface area contributed by atoms with E-state index in [9.17, 15) is 4.79 Å². The summed E-state index contributed by atoms with van der Waals surface area (Å²) in [5, 5.41) is 13.4. The van der Waals surface area contributed by atoms with Crippen LogP contribution in [0, 0.1) is 20.8 Å². The van der Waals surface area contributed by atoms with Gasteiger partial charge in [-0.2, -0.15) is 0 Å². The second-order valence-corrected chi connectivity index (χ2v) is 9.32. The molecule has 0 aliphatic rings. The number of aryl methyl sites for hydroxylation is 3. The highest BCUT2D eigenvalue weighted by atomic mass is 32.2. The molecule has 2 aromatic heterocycles. The van der Waals surface area contributed by atoms with Gasteiger partial charge >= 0.3 is 0 Å². The fraction of sp³-hybridized carbons (Fsp3) is 0.217. The number of hydrogen-bond acceptors (Lipinski definition) is 7. The third-order valence-electron chi connectivity index (χ3n) is 4.73. The van der Waals surface area contributed by atoms with Crippen molar-refractivity contribution in [2.24, 2.45) is 0 Å². The second-order valence-electron chi connectivity index (χ2n) is 7.15. The number of methoxy groups -OCH3 is 1. The first-order chi connectivity index (χ1) is 14.9. The lowest BCUT2D eigenvalue weighted by atomic mass is 10.1. The van der Waals surface area contributed by atoms with Gasteiger partial charge in [0, 0.05) is 11.3 Å². The normalized spacial score (nSPS) is 11.0. The number of nitrogens with one attached hydrogen (secondary N) is 1. The first kappa shape index (κ1) is 21.3. The van der Waals surface area contributed by atoms with E-state index in [0.717, 1.165) is 49.0 Å². The monoisotopic (exact) mass is 450 g/mol. The van der Waals surface area contributed by atoms with Crippen molar-refractivity contribution in [3.05, 3.63) is 58.6 Å². The van der Waals surface area contributed by atoms with E-state index < -0.39 is 0 Å². The molecule has 0 fully saturated rings. The van der Waals surface area contributed by atoms with Crippen LogP contribution in [0.1, 0.15) is 16.1 Å². The highest BCUT2D eigenvalue weighted by Gasteiger charge is 2.17. The number of hydrogen-bond donors (Lipinski definition) is 1. The third-order valence-corrected chi connectivity index (χ3v) is 6.66. The number of carbonyl (C=O) groups excluding carboxylic acids is 1. The first-order valence-corrected chi connectivity index (χ1v) is 11.5. The van der Waals surface area contributed by atoms with Gasteiger partial charge in [-0.1, -0.05) is 41.6 Å². The first-order valence-electron chi connectivity index (χ1n) is 9.72. The van der Waals surface area contributed by atoms with Crippen molar-refractivity contribution in [2.45, 2.75) is 25.8 Å². The molecule has 0 radical (unpaired) electrons. The fourth-order valence-electron chi connectivity index (χ4n) is 3.25. The number of thioether (sulfide) groups is 1. The molecule has 0 bridgehead atoms. The number of benzene rings is 2. The van der Waals surface area contributed by atoms with Crippen LogP contribution in [0.15, 0.2) is 47.5 Å². The number of thiazole rings is 1. The van der Waals surface area contributed by atoms with Gasteiger partial charge in [-0.05, 0) is 44.5 Å². The Morgan fingerprint density at radius 1 is 1.13 bits per heavy atom. The highest BCUT2D eigenvalue weighted by Crippen LogP contribution is 2.36. The van der Waals surface area contributed by atoms with Crippen LogP contribution in [0.4, 0.5) is 5.69 Å². The van der Waals surface area contributed by atoms with E-state index in [1.807, 2.05) is 63.2 Å². The van der Waals surface area contributed by atoms with Gasteiger partial charge in [-0.15, -0.1) is 21.5 Å². The second kappa shape index (κ2) is 9.03. The minimum absolute atomic E-state index is 0.0873. The minimum Gasteiger partial charge on any atom is -0.497 e. The van der Waals surface area contributed by atoms with E-state index in [1.54, 1.807) is 18.4 Å². The highest BCUT2D eigenvalue weighted by molar-refractivity contribution is 8.00. The SMILES string of the molecule is COc1cccc(-c2nnc(SCC(=O)Nc3ccc(C)cc3C)c3nc(C)sc23)c1. The number of nitrogens with zero attached hydrogens (tertiary/aromatic N) is 3. The summed E-state index contributed by atoms with van der Waals surface area (Å²) in [7, 11) is 1.64. The van der Waals surface area contributed by atoms with Crippen LogP contribution in [0.3, 0.4) is 0 Å². The average Bonchev–Trinajstić information content (AvgIpc) is 3.15. The topological polar surface area (TPSA) is 77.0 Å². The van der Waals surface area contributed by atoms with Crippen LogP contribution in [-0.4, -0.2) is 34.0 Å². The number of aromatic nitrogens is 3. The number of fused-ring (bicyclic) bond motifs is 1. The van der Waals surface area contributed by atoms with Gasteiger partial charge in [0.2, 0.25) is 5.91 Å². The molecule has 4 aromatic rings. The predicted octanol–water partition coefficient (Wildman–Crippen LogP) is 5.42. The van der Waals surface area contributed by atoms with Crippen molar-refractivity contribution >= 4 is 44.9 Å². The van der Waals surface area contributed by atoms with E-state index in [-0.39, 0.29) is 11.7 Å². The Hall–Kier alpha value is -2.97. The summed E-state index contributed by atoms with van der Waals surface area (Å²) < 4.78 is 6.29. The summed E-state index contributed by atoms with van der Waals surface area (Å²) in [6.45, 7) is 5.98. The summed E-state index contributed by atoms with van der Waals surface area (Å²) in [6.07, 6.45) is 0. The molecular weight excluding hydrogens is 428 g/mol. The smallest absolute Gasteiger partial charge is 0.234 e. The Balaban J connectivity index is 1.57. The van der Waals surface area contributed by atoms with Crippen molar-refractivity contribution in [3.63, 3.8) is 0 Å². The number of amides is 1. The van der Waals surface area contributed by atoms with E-state index in [2.05, 4.69) is 20.5 Å². The quantitative estimate of drug-likeness (QED) is 0.395. The fourth-order valence-corrected chi connectivity index (χ4v) is 4.97. The van der Waals surface area contributed by atoms with Gasteiger partial charge in [-0.3, -0.25) is 4.79 Å². The molecule has 4 rings (SSSR count). The molecule has 0 saturated carbocycles. The molecule has 0 unspecified atom stereocenters. The molecule has 6 nitrogen and oxygen atoms in total. The molecule has 1 N–H and O–H groups in total. The molecule has 0 saturated heterocycles. The Kier molecular flexibility index (Phi) is 6.20. The summed E-state index contributed by atoms with van der Waals surface area (Å²) in [5.74, 6) is 0.901. The maximum absolute atomic E-state index is 12.5. The Bertz CT molecular complexity index is 1270. The average molecular weight is 451 g/mol. The summed E-state index contributed by atoms with van der Waals surface area (Å²) >= 11 is 2.92. The molecule has 0 spiro atoms. The predicted molar refractivity (Wildman–Crippen MR) is 127 cm³/mol. The third kappa shape index (κ3) is 4.70. The molecule has 0 aliphatic carbocycles. The van der Waals surface area contributed by atoms with E-state index in [1.165, 1.54) is 11.8 Å². The standard InChI is InChI=1S/C23H22N4O2S2/c1-13-8-9-18(14(2)10-13)25-19(28)12-30-23-21-22(31-15(3)24-21)20(26-27-23)16-6-5-7-17(11-16)29-4/h5-11H,12H2,1-4H3,(H,25,28). The van der Waals surface area contributed by atoms with Gasteiger partial charge in [-0.25, -0.2) is 4.98 Å². The van der Waals surface area contributed by atoms with Gasteiger partial charge in [0.25, 0.3) is 0 Å². The van der Waals surface area contributed by atoms with Gasteiger partial charge in [0.1, 0.15) is 22.0 Å². The number of carbonyl (C=O) groups is 1. The number of ether oxygens (including phenoxy) is 1. The van der Waals surface area contributed by atoms with Crippen LogP contribution in [0.2, 0.25) is 0 Å². The van der Waals surface area contributed by atoms with Crippen LogP contribution < -0.4 is 10.1 Å². The molecule has 31 heavy (non-hydrogen) atoms. The van der Waals surface area contributed by atoms with Crippen molar-refractivity contribution < 1.29 is 9.53 Å². The lowest BCUT2D eigenvalue weighted by molar-refractivity contribution is -0.113. The number of rotatable bonds is 6. The van der Waals surface area contributed by atoms with Gasteiger partial charge < -0.3 is 10.1 Å². The molecule has 0 atom stereocenters. The van der Waals surface area contributed by atoms with Crippen LogP contribution in [0.5, 0.6) is 5.75 Å². The maximum Gasteiger partial charge on any atom is 0.234 e. The molecular formula is C23H22N4O2S2. The van der Waals surface area contributed by atoms with Crippen molar-refractivity contribution in [1.82, 2.24) is 15.2 Å². The van der Waals surface area contributed by atoms with Crippen molar-refractivity contribution in [2.75, 3.05) is 18.2 Å². The maximum atomic E-state index is 12.5. The van der Waals surface area contributed by atoms with Crippen molar-refractivity contribution in [3.8, 4) is 17.0 Å². The Morgan fingerprint density at radius 2 is 1.97 bits per heavy atom. The summed E-state index contributed by atoms with van der Waals surface area (Å²) in [6, 6.07) is 13.7. The lowest BCUT2D eigenvalue weighted by Gasteiger charge is -2.09. The van der Waals surface area contributed by atoms with Gasteiger partial charge in [0.05, 0.1) is 22.6 Å². The zero-order valence-corrected chi connectivity index (χ0v) is 19.4. The van der Waals surface area contributed by atoms with Gasteiger partial charge in [0.15, 0.2) is 0 Å². The molecule has 1 amide bonds. The zero-order chi connectivity index (χ0) is 22.0. The van der Waals surface area contributed by atoms with Crippen LogP contribution in [-0.2, 0) is 4.79 Å². The Labute approximate surface area is 189 Å². The molecule has 158 valence electrons. The molecule has 0 aliphatic heterocycles. The van der Waals surface area contributed by atoms with E-state index >= 15 is 0 Å². The zero-order valence-electron chi connectivity index (χ0n) is 17.7. The minimum atomic E-state index is -0.0873. The largest absolute Gasteiger partial charge is 0.497 e. The van der Waals surface area contributed by atoms with Crippen LogP contribution >= 0.6 is 23.1 Å². The van der Waals surface area contributed by atoms with Crippen molar-refractivity contribution in [1.29, 1.82) is 0 Å². The van der Waals surface area contributed by atoms with E-state index in [0.29, 0.717) is 5.03 Å². The Morgan fingerprint density at radius 3 is 2.74 bits per heavy atom. The molecule has 8 heteroatoms. The summed E-state index contributed by atoms with van der Waals surface area (Å²) in [5.41, 5.74) is 5.49. The van der Waals surface area contributed by atoms with Crippen LogP contribution in [0.25, 0.3) is 21.5 Å². The number of anilines is 1. The lowest BCUT2D eigenvalue weighted by Crippen LogP contribution is -2.15. The molecule has 2 heterocycles. The van der Waals surface area contributed by atoms with E-state index in [4.69, 9.17) is 4.74 Å². The summed E-state index contributed by atoms with van der Waals surface area (Å²) in [4.78, 5) is 17.2.